The molecule has 0 saturated carbocycles. The Kier molecular flexibility index (Phi) is 13.1. The molecule has 19 heteroatoms. The Morgan fingerprint density at radius 1 is 0.779 bits per heavy atom. The van der Waals surface area contributed by atoms with Gasteiger partial charge >= 0.3 is 0 Å². The van der Waals surface area contributed by atoms with Crippen molar-refractivity contribution in [3.8, 4) is 11.1 Å². The summed E-state index contributed by atoms with van der Waals surface area (Å²) in [5.41, 5.74) is 9.21. The molecule has 2 N–H and O–H groups in total. The molecule has 2 saturated heterocycles. The SMILES string of the molecule is CCc1c(-c2cc(Nc3cc(CN(C)C4COC4)n(C)n3)c(=O)n(C)c2)ccnc1N1CCn2c(cc3c2CC(C)(C)C3)C1=O.CN(Cc1cc(Nc2cc(Br)cn(C)c2=O)nn1C)C1COC1. The number of aryl methyl sites for hydroxylation is 4. The normalized spacial score (nSPS) is 16.6. The number of nitrogens with one attached hydrogen (secondary N) is 2. The van der Waals surface area contributed by atoms with Crippen molar-refractivity contribution in [3.05, 3.63) is 114 Å². The Hall–Kier alpha value is -5.86. The lowest BCUT2D eigenvalue weighted by Crippen LogP contribution is -2.46. The number of carbonyl (C=O) groups is 1. The van der Waals surface area contributed by atoms with Gasteiger partial charge in [0.05, 0.1) is 49.9 Å². The fourth-order valence-electron chi connectivity index (χ4n) is 9.59. The lowest BCUT2D eigenvalue weighted by atomic mass is 9.90. The number of ether oxygens (including phenoxy) is 2. The van der Waals surface area contributed by atoms with E-state index in [0.717, 1.165) is 97.1 Å². The second-order valence-corrected chi connectivity index (χ2v) is 20.4. The average Bonchev–Trinajstić information content (AvgIpc) is 3.96. The fourth-order valence-corrected chi connectivity index (χ4v) is 10.1. The van der Waals surface area contributed by atoms with Gasteiger partial charge in [-0.05, 0) is 90.1 Å². The molecule has 0 aromatic carbocycles. The molecule has 0 atom stereocenters. The zero-order valence-electron chi connectivity index (χ0n) is 40.5. The lowest BCUT2D eigenvalue weighted by Gasteiger charge is -2.34. The largest absolute Gasteiger partial charge is 0.378 e. The van der Waals surface area contributed by atoms with Gasteiger partial charge in [0.2, 0.25) is 0 Å². The van der Waals surface area contributed by atoms with Crippen LogP contribution in [-0.2, 0) is 76.6 Å². The standard InChI is InChI=1S/C34H42N8O3.C15H20BrN5O2/c1-7-25-26(8-9-35-31(25)42-11-10-41-28(33(42)44)13-21-15-34(2,3)16-29(21)41)22-12-27(32(43)39(5)17-22)36-30-14-23(40(6)37-30)18-38(4)24-19-45-20-24;1-19(12-8-23-9-12)7-11-5-14(18-21(11)3)17-13-4-10(16)6-20(2)15(13)22/h8-9,12-14,17,24H,7,10-11,15-16,18-20H2,1-6H3,(H,36,37);4-6,12H,7-9H2,1-3H3,(H,17,18). The van der Waals surface area contributed by atoms with E-state index in [2.05, 4.69) is 92.1 Å². The minimum atomic E-state index is -0.148. The summed E-state index contributed by atoms with van der Waals surface area (Å²) < 4.78 is 20.4. The van der Waals surface area contributed by atoms with Crippen molar-refractivity contribution in [1.82, 2.24) is 48.0 Å². The molecule has 0 radical (unpaired) electrons. The van der Waals surface area contributed by atoms with Gasteiger partial charge in [-0.2, -0.15) is 10.2 Å². The second-order valence-electron chi connectivity index (χ2n) is 19.4. The Morgan fingerprint density at radius 2 is 1.35 bits per heavy atom. The first-order chi connectivity index (χ1) is 32.5. The summed E-state index contributed by atoms with van der Waals surface area (Å²) >= 11 is 3.40. The van der Waals surface area contributed by atoms with E-state index in [9.17, 15) is 14.4 Å². The van der Waals surface area contributed by atoms with Crippen LogP contribution >= 0.6 is 15.9 Å². The molecule has 18 nitrogen and oxygen atoms in total. The maximum Gasteiger partial charge on any atom is 0.276 e. The lowest BCUT2D eigenvalue weighted by molar-refractivity contribution is -0.0592. The van der Waals surface area contributed by atoms with Crippen molar-refractivity contribution in [3.63, 3.8) is 0 Å². The summed E-state index contributed by atoms with van der Waals surface area (Å²) in [6, 6.07) is 12.5. The average molecular weight is 993 g/mol. The summed E-state index contributed by atoms with van der Waals surface area (Å²) in [6.45, 7) is 12.6. The Morgan fingerprint density at radius 3 is 1.91 bits per heavy atom. The van der Waals surface area contributed by atoms with Crippen molar-refractivity contribution in [2.24, 2.45) is 33.6 Å². The third kappa shape index (κ3) is 9.46. The summed E-state index contributed by atoms with van der Waals surface area (Å²) in [5.74, 6) is 1.96. The van der Waals surface area contributed by atoms with E-state index in [1.807, 2.05) is 58.8 Å². The highest BCUT2D eigenvalue weighted by molar-refractivity contribution is 9.10. The number of halogens is 1. The molecule has 6 aromatic rings. The fraction of sp³-hybridized carbons (Fsp3) is 0.469. The van der Waals surface area contributed by atoms with E-state index < -0.39 is 0 Å². The van der Waals surface area contributed by atoms with Gasteiger partial charge in [-0.3, -0.25) is 38.4 Å². The third-order valence-corrected chi connectivity index (χ3v) is 14.1. The number of fused-ring (bicyclic) bond motifs is 3. The third-order valence-electron chi connectivity index (χ3n) is 13.7. The number of hydrogen-bond acceptors (Lipinski definition) is 12. The first-order valence-corrected chi connectivity index (χ1v) is 24.0. The number of nitrogens with zero attached hydrogens (tertiary/aromatic N) is 11. The molecular formula is C49H62BrN13O5. The minimum absolute atomic E-state index is 0.00272. The van der Waals surface area contributed by atoms with Crippen LogP contribution in [0.15, 0.2) is 69.1 Å². The number of aromatic nitrogens is 8. The number of hydrogen-bond donors (Lipinski definition) is 2. The van der Waals surface area contributed by atoms with Crippen LogP contribution in [0.25, 0.3) is 11.1 Å². The number of amides is 1. The zero-order valence-corrected chi connectivity index (χ0v) is 42.1. The highest BCUT2D eigenvalue weighted by atomic mass is 79.9. The Bertz CT molecular complexity index is 2990. The van der Waals surface area contributed by atoms with Crippen LogP contribution in [-0.4, -0.2) is 113 Å². The molecule has 10 rings (SSSR count). The van der Waals surface area contributed by atoms with E-state index in [0.29, 0.717) is 53.9 Å². The van der Waals surface area contributed by atoms with Crippen LogP contribution in [0.1, 0.15) is 59.5 Å². The second kappa shape index (κ2) is 18.9. The van der Waals surface area contributed by atoms with Crippen molar-refractivity contribution < 1.29 is 14.3 Å². The predicted octanol–water partition coefficient (Wildman–Crippen LogP) is 5.36. The predicted molar refractivity (Wildman–Crippen MR) is 266 cm³/mol. The van der Waals surface area contributed by atoms with Crippen LogP contribution in [0.4, 0.5) is 28.8 Å². The van der Waals surface area contributed by atoms with Gasteiger partial charge in [-0.25, -0.2) is 4.98 Å². The Balaban J connectivity index is 0.000000211. The molecule has 6 aromatic heterocycles. The molecular weight excluding hydrogens is 931 g/mol. The van der Waals surface area contributed by atoms with E-state index in [4.69, 9.17) is 14.5 Å². The van der Waals surface area contributed by atoms with Crippen LogP contribution in [0.2, 0.25) is 0 Å². The van der Waals surface area contributed by atoms with Crippen molar-refractivity contribution in [2.75, 3.05) is 62.6 Å². The van der Waals surface area contributed by atoms with E-state index in [1.165, 1.54) is 15.8 Å². The summed E-state index contributed by atoms with van der Waals surface area (Å²) in [4.78, 5) is 50.4. The molecule has 1 amide bonds. The quantitative estimate of drug-likeness (QED) is 0.153. The molecule has 4 aliphatic rings. The molecule has 68 heavy (non-hydrogen) atoms. The highest BCUT2D eigenvalue weighted by Crippen LogP contribution is 2.40. The first kappa shape index (κ1) is 47.2. The summed E-state index contributed by atoms with van der Waals surface area (Å²) in [7, 11) is 11.5. The van der Waals surface area contributed by atoms with Gasteiger partial charge in [-0.1, -0.05) is 20.8 Å². The van der Waals surface area contributed by atoms with Crippen LogP contribution in [0.5, 0.6) is 0 Å². The topological polar surface area (TPSA) is 167 Å². The minimum Gasteiger partial charge on any atom is -0.378 e. The number of pyridine rings is 3. The van der Waals surface area contributed by atoms with Gasteiger partial charge in [0.1, 0.15) is 22.9 Å². The van der Waals surface area contributed by atoms with Gasteiger partial charge in [0.25, 0.3) is 17.0 Å². The van der Waals surface area contributed by atoms with E-state index >= 15 is 0 Å². The highest BCUT2D eigenvalue weighted by Gasteiger charge is 2.37. The summed E-state index contributed by atoms with van der Waals surface area (Å²) in [6.07, 6.45) is 8.02. The van der Waals surface area contributed by atoms with Crippen molar-refractivity contribution in [2.45, 2.75) is 71.8 Å². The van der Waals surface area contributed by atoms with Gasteiger partial charge in [-0.15, -0.1) is 0 Å². The molecule has 0 bridgehead atoms. The molecule has 360 valence electrons. The summed E-state index contributed by atoms with van der Waals surface area (Å²) in [5, 5.41) is 15.5. The van der Waals surface area contributed by atoms with Gasteiger partial charge < -0.3 is 33.8 Å². The Labute approximate surface area is 404 Å². The number of anilines is 5. The number of rotatable bonds is 13. The molecule has 0 unspecified atom stereocenters. The smallest absolute Gasteiger partial charge is 0.276 e. The molecule has 9 heterocycles. The zero-order chi connectivity index (χ0) is 48.2. The molecule has 3 aliphatic heterocycles. The van der Waals surface area contributed by atoms with Gasteiger partial charge in [0.15, 0.2) is 11.6 Å². The maximum absolute atomic E-state index is 13.9. The number of likely N-dealkylation sites (N-methyl/N-ethyl adjacent to an activating group) is 2. The van der Waals surface area contributed by atoms with Crippen LogP contribution < -0.4 is 26.7 Å². The van der Waals surface area contributed by atoms with E-state index in [1.54, 1.807) is 37.1 Å². The van der Waals surface area contributed by atoms with Gasteiger partial charge in [0, 0.05) is 106 Å². The maximum atomic E-state index is 13.9. The van der Waals surface area contributed by atoms with E-state index in [-0.39, 0.29) is 22.4 Å². The molecule has 1 aliphatic carbocycles. The monoisotopic (exact) mass is 991 g/mol. The molecule has 0 spiro atoms. The number of carbonyl (C=O) groups excluding carboxylic acids is 1. The van der Waals surface area contributed by atoms with Crippen molar-refractivity contribution in [1.29, 1.82) is 0 Å². The first-order valence-electron chi connectivity index (χ1n) is 23.2. The van der Waals surface area contributed by atoms with Crippen LogP contribution in [0, 0.1) is 5.41 Å². The van der Waals surface area contributed by atoms with Crippen LogP contribution in [0.3, 0.4) is 0 Å². The van der Waals surface area contributed by atoms with Crippen molar-refractivity contribution >= 4 is 50.7 Å². The molecule has 2 fully saturated rings.